The van der Waals surface area contributed by atoms with Crippen molar-refractivity contribution in [2.75, 3.05) is 0 Å². The second-order valence-electron chi connectivity index (χ2n) is 3.84. The molecule has 0 saturated heterocycles. The molecule has 2 aromatic heterocycles. The first-order chi connectivity index (χ1) is 8.97. The second kappa shape index (κ2) is 5.90. The van der Waals surface area contributed by atoms with Crippen molar-refractivity contribution in [1.29, 1.82) is 0 Å². The van der Waals surface area contributed by atoms with Crippen LogP contribution < -0.4 is 0 Å². The van der Waals surface area contributed by atoms with E-state index in [9.17, 15) is 9.90 Å². The van der Waals surface area contributed by atoms with Gasteiger partial charge in [-0.2, -0.15) is 0 Å². The predicted octanol–water partition coefficient (Wildman–Crippen LogP) is 3.80. The summed E-state index contributed by atoms with van der Waals surface area (Å²) in [6, 6.07) is 3.76. The number of rotatable bonds is 4. The number of carbonyl (C=O) groups is 1. The van der Waals surface area contributed by atoms with E-state index in [1.807, 2.05) is 12.1 Å². The molecule has 0 amide bonds. The molecule has 0 spiro atoms. The minimum atomic E-state index is -0.996. The summed E-state index contributed by atoms with van der Waals surface area (Å²) in [4.78, 5) is 20.7. The van der Waals surface area contributed by atoms with Gasteiger partial charge in [-0.15, -0.1) is 11.3 Å². The van der Waals surface area contributed by atoms with E-state index in [4.69, 9.17) is 11.6 Å². The van der Waals surface area contributed by atoms with E-state index in [0.717, 1.165) is 9.21 Å². The summed E-state index contributed by atoms with van der Waals surface area (Å²) >= 11 is 8.74. The van der Waals surface area contributed by atoms with Gasteiger partial charge in [-0.3, -0.25) is 0 Å². The van der Waals surface area contributed by atoms with Gasteiger partial charge in [0.15, 0.2) is 0 Å². The first-order valence-electron chi connectivity index (χ1n) is 5.43. The summed E-state index contributed by atoms with van der Waals surface area (Å²) in [5, 5.41) is 9.73. The first kappa shape index (κ1) is 14.3. The van der Waals surface area contributed by atoms with E-state index in [1.54, 1.807) is 13.8 Å². The molecule has 0 saturated carbocycles. The van der Waals surface area contributed by atoms with Gasteiger partial charge in [0, 0.05) is 10.6 Å². The molecule has 4 nitrogen and oxygen atoms in total. The molecule has 0 aliphatic rings. The fourth-order valence-corrected chi connectivity index (χ4v) is 3.85. The van der Waals surface area contributed by atoms with Crippen LogP contribution in [0.5, 0.6) is 0 Å². The van der Waals surface area contributed by atoms with Crippen molar-refractivity contribution in [2.45, 2.75) is 24.6 Å². The normalized spacial score (nSPS) is 10.7. The highest BCUT2D eigenvalue weighted by Gasteiger charge is 2.17. The lowest BCUT2D eigenvalue weighted by atomic mass is 10.2. The molecule has 0 aliphatic carbocycles. The number of nitrogens with zero attached hydrogens (tertiary/aromatic N) is 2. The molecule has 1 N–H and O–H groups in total. The molecule has 0 atom stereocenters. The summed E-state index contributed by atoms with van der Waals surface area (Å²) in [7, 11) is 0. The number of halogens is 1. The van der Waals surface area contributed by atoms with Crippen LogP contribution in [0.2, 0.25) is 4.34 Å². The minimum Gasteiger partial charge on any atom is -0.478 e. The number of hydrogen-bond donors (Lipinski definition) is 1. The van der Waals surface area contributed by atoms with E-state index < -0.39 is 5.97 Å². The molecular weight excluding hydrogens is 304 g/mol. The fraction of sp³-hybridized carbons (Fsp3) is 0.250. The Labute approximate surface area is 123 Å². The number of aromatic nitrogens is 2. The highest BCUT2D eigenvalue weighted by molar-refractivity contribution is 7.98. The average molecular weight is 315 g/mol. The predicted molar refractivity (Wildman–Crippen MR) is 77.4 cm³/mol. The standard InChI is InChI=1S/C12H11ClN2O2S2/c1-6-10(12(16)17)11(15-7(2)14-6)18-5-8-3-4-9(13)19-8/h3-4H,5H2,1-2H3,(H,16,17). The zero-order valence-electron chi connectivity index (χ0n) is 10.3. The van der Waals surface area contributed by atoms with Gasteiger partial charge in [-0.05, 0) is 26.0 Å². The second-order valence-corrected chi connectivity index (χ2v) is 6.60. The molecule has 2 aromatic rings. The average Bonchev–Trinajstić information content (AvgIpc) is 2.71. The Hall–Kier alpha value is -1.11. The van der Waals surface area contributed by atoms with Gasteiger partial charge in [0.25, 0.3) is 0 Å². The van der Waals surface area contributed by atoms with E-state index in [-0.39, 0.29) is 5.56 Å². The van der Waals surface area contributed by atoms with Crippen molar-refractivity contribution in [3.05, 3.63) is 38.4 Å². The molecule has 0 unspecified atom stereocenters. The number of carboxylic acids is 1. The highest BCUT2D eigenvalue weighted by atomic mass is 35.5. The molecular formula is C12H11ClN2O2S2. The fourth-order valence-electron chi connectivity index (χ4n) is 1.60. The third-order valence-corrected chi connectivity index (χ3v) is 4.80. The SMILES string of the molecule is Cc1nc(C)c(C(=O)O)c(SCc2ccc(Cl)s2)n1. The third kappa shape index (κ3) is 3.46. The topological polar surface area (TPSA) is 63.1 Å². The molecule has 0 aromatic carbocycles. The number of thioether (sulfide) groups is 1. The zero-order valence-corrected chi connectivity index (χ0v) is 12.7. The maximum atomic E-state index is 11.3. The molecule has 2 heterocycles. The van der Waals surface area contributed by atoms with Crippen LogP contribution in [-0.4, -0.2) is 21.0 Å². The molecule has 0 fully saturated rings. The van der Waals surface area contributed by atoms with Gasteiger partial charge >= 0.3 is 5.97 Å². The lowest BCUT2D eigenvalue weighted by molar-refractivity contribution is 0.0690. The summed E-state index contributed by atoms with van der Waals surface area (Å²) in [6.07, 6.45) is 0. The molecule has 19 heavy (non-hydrogen) atoms. The lowest BCUT2D eigenvalue weighted by Crippen LogP contribution is -2.08. The molecule has 0 bridgehead atoms. The number of aryl methyl sites for hydroxylation is 2. The van der Waals surface area contributed by atoms with Gasteiger partial charge in [0.05, 0.1) is 10.0 Å². The molecule has 100 valence electrons. The Morgan fingerprint density at radius 3 is 2.74 bits per heavy atom. The van der Waals surface area contributed by atoms with Crippen LogP contribution in [0.3, 0.4) is 0 Å². The zero-order chi connectivity index (χ0) is 14.0. The van der Waals surface area contributed by atoms with Crippen molar-refractivity contribution < 1.29 is 9.90 Å². The van der Waals surface area contributed by atoms with E-state index in [1.165, 1.54) is 23.1 Å². The van der Waals surface area contributed by atoms with Crippen LogP contribution >= 0.6 is 34.7 Å². The molecule has 7 heteroatoms. The van der Waals surface area contributed by atoms with Gasteiger partial charge in [-0.1, -0.05) is 23.4 Å². The number of thiophene rings is 1. The Morgan fingerprint density at radius 1 is 1.42 bits per heavy atom. The largest absolute Gasteiger partial charge is 0.478 e. The van der Waals surface area contributed by atoms with Crippen LogP contribution in [0, 0.1) is 13.8 Å². The van der Waals surface area contributed by atoms with Gasteiger partial charge < -0.3 is 5.11 Å². The van der Waals surface area contributed by atoms with Crippen LogP contribution in [0.4, 0.5) is 0 Å². The Kier molecular flexibility index (Phi) is 4.44. The minimum absolute atomic E-state index is 0.179. The van der Waals surface area contributed by atoms with Gasteiger partial charge in [-0.25, -0.2) is 14.8 Å². The highest BCUT2D eigenvalue weighted by Crippen LogP contribution is 2.30. The van der Waals surface area contributed by atoms with E-state index >= 15 is 0 Å². The van der Waals surface area contributed by atoms with Crippen molar-refractivity contribution in [3.63, 3.8) is 0 Å². The Bertz CT molecular complexity index is 628. The lowest BCUT2D eigenvalue weighted by Gasteiger charge is -2.07. The van der Waals surface area contributed by atoms with Crippen LogP contribution in [0.1, 0.15) is 26.8 Å². The van der Waals surface area contributed by atoms with Crippen molar-refractivity contribution in [3.8, 4) is 0 Å². The summed E-state index contributed by atoms with van der Waals surface area (Å²) in [5.41, 5.74) is 0.671. The van der Waals surface area contributed by atoms with E-state index in [0.29, 0.717) is 22.3 Å². The van der Waals surface area contributed by atoms with Crippen molar-refractivity contribution in [2.24, 2.45) is 0 Å². The van der Waals surface area contributed by atoms with Crippen LogP contribution in [0.25, 0.3) is 0 Å². The number of carboxylic acid groups (broad SMARTS) is 1. The number of aromatic carboxylic acids is 1. The van der Waals surface area contributed by atoms with Crippen LogP contribution in [0.15, 0.2) is 17.2 Å². The Morgan fingerprint density at radius 2 is 2.16 bits per heavy atom. The first-order valence-corrected chi connectivity index (χ1v) is 7.61. The smallest absolute Gasteiger partial charge is 0.340 e. The maximum absolute atomic E-state index is 11.3. The van der Waals surface area contributed by atoms with E-state index in [2.05, 4.69) is 9.97 Å². The number of hydrogen-bond acceptors (Lipinski definition) is 5. The summed E-state index contributed by atoms with van der Waals surface area (Å²) in [6.45, 7) is 3.44. The molecule has 0 aliphatic heterocycles. The van der Waals surface area contributed by atoms with Crippen molar-refractivity contribution >= 4 is 40.7 Å². The monoisotopic (exact) mass is 314 g/mol. The maximum Gasteiger partial charge on any atom is 0.340 e. The van der Waals surface area contributed by atoms with Gasteiger partial charge in [0.2, 0.25) is 0 Å². The molecule has 0 radical (unpaired) electrons. The van der Waals surface area contributed by atoms with Crippen molar-refractivity contribution in [1.82, 2.24) is 9.97 Å². The summed E-state index contributed by atoms with van der Waals surface area (Å²) < 4.78 is 0.726. The molecule has 2 rings (SSSR count). The van der Waals surface area contributed by atoms with Gasteiger partial charge in [0.1, 0.15) is 16.4 Å². The third-order valence-electron chi connectivity index (χ3n) is 2.36. The Balaban J connectivity index is 2.26. The summed E-state index contributed by atoms with van der Waals surface area (Å²) in [5.74, 6) is 0.228. The quantitative estimate of drug-likeness (QED) is 0.687. The van der Waals surface area contributed by atoms with Crippen LogP contribution in [-0.2, 0) is 5.75 Å².